The standard InChI is InChI=1S/C25H27ClFN7O3/c1-15-24(30-31-34(15)18-4-6-32(7-5-18)19-12-36-13-19)16-8-23(25-20(26)10-29-33(25)11-16)37-14-22(35)21-3-2-17(27)9-28-21/h2-3,8-11,18-19,22,35H,4-7,12-14H2,1H3/t22-/m1/s1. The van der Waals surface area contributed by atoms with Crippen LogP contribution in [0, 0.1) is 12.7 Å². The molecule has 2 fully saturated rings. The van der Waals surface area contributed by atoms with Crippen LogP contribution in [0.2, 0.25) is 5.02 Å². The molecule has 1 atom stereocenters. The van der Waals surface area contributed by atoms with Gasteiger partial charge in [-0.15, -0.1) is 5.10 Å². The Morgan fingerprint density at radius 3 is 2.73 bits per heavy atom. The number of aliphatic hydroxyl groups is 1. The van der Waals surface area contributed by atoms with Crippen molar-refractivity contribution in [1.82, 2.24) is 34.5 Å². The highest BCUT2D eigenvalue weighted by molar-refractivity contribution is 6.34. The maximum absolute atomic E-state index is 13.2. The summed E-state index contributed by atoms with van der Waals surface area (Å²) in [5, 5.41) is 24.3. The van der Waals surface area contributed by atoms with E-state index in [2.05, 4.69) is 25.3 Å². The number of likely N-dealkylation sites (tertiary alicyclic amines) is 1. The Bertz CT molecular complexity index is 1400. The smallest absolute Gasteiger partial charge is 0.147 e. The van der Waals surface area contributed by atoms with Crippen molar-refractivity contribution in [3.63, 3.8) is 0 Å². The van der Waals surface area contributed by atoms with Crippen molar-refractivity contribution in [2.24, 2.45) is 0 Å². The van der Waals surface area contributed by atoms with E-state index in [4.69, 9.17) is 21.1 Å². The maximum atomic E-state index is 13.2. The van der Waals surface area contributed by atoms with Crippen molar-refractivity contribution in [2.75, 3.05) is 32.9 Å². The van der Waals surface area contributed by atoms with E-state index in [9.17, 15) is 9.50 Å². The van der Waals surface area contributed by atoms with Crippen LogP contribution in [-0.4, -0.2) is 78.6 Å². The predicted octanol–water partition coefficient (Wildman–Crippen LogP) is 3.24. The van der Waals surface area contributed by atoms with Gasteiger partial charge in [0, 0.05) is 24.8 Å². The van der Waals surface area contributed by atoms with Crippen molar-refractivity contribution in [2.45, 2.75) is 38.0 Å². The third-order valence-corrected chi connectivity index (χ3v) is 7.48. The molecule has 0 amide bonds. The molecule has 0 saturated carbocycles. The number of pyridine rings is 2. The lowest BCUT2D eigenvalue weighted by atomic mass is 10.0. The minimum absolute atomic E-state index is 0.102. The first-order valence-electron chi connectivity index (χ1n) is 12.3. The average Bonchev–Trinajstić information content (AvgIpc) is 3.44. The van der Waals surface area contributed by atoms with Gasteiger partial charge in [0.2, 0.25) is 0 Å². The number of hydrogen-bond donors (Lipinski definition) is 1. The van der Waals surface area contributed by atoms with Gasteiger partial charge in [-0.2, -0.15) is 5.10 Å². The van der Waals surface area contributed by atoms with E-state index in [1.807, 2.05) is 23.9 Å². The Balaban J connectivity index is 1.24. The molecule has 4 aromatic heterocycles. The van der Waals surface area contributed by atoms with Gasteiger partial charge in [0.25, 0.3) is 0 Å². The van der Waals surface area contributed by atoms with Crippen LogP contribution < -0.4 is 4.74 Å². The zero-order chi connectivity index (χ0) is 25.5. The van der Waals surface area contributed by atoms with Gasteiger partial charge in [-0.3, -0.25) is 9.88 Å². The van der Waals surface area contributed by atoms with Crippen LogP contribution in [-0.2, 0) is 4.74 Å². The van der Waals surface area contributed by atoms with Gasteiger partial charge in [-0.05, 0) is 38.0 Å². The molecule has 1 N–H and O–H groups in total. The molecule has 4 aromatic rings. The second-order valence-electron chi connectivity index (χ2n) is 9.53. The van der Waals surface area contributed by atoms with Gasteiger partial charge >= 0.3 is 0 Å². The lowest BCUT2D eigenvalue weighted by Crippen LogP contribution is -2.52. The number of hydrogen-bond acceptors (Lipinski definition) is 8. The van der Waals surface area contributed by atoms with Crippen LogP contribution in [0.15, 0.2) is 36.8 Å². The molecule has 6 heterocycles. The highest BCUT2D eigenvalue weighted by Gasteiger charge is 2.31. The van der Waals surface area contributed by atoms with E-state index in [1.165, 1.54) is 18.3 Å². The minimum atomic E-state index is -1.05. The van der Waals surface area contributed by atoms with Crippen molar-refractivity contribution < 1.29 is 19.0 Å². The van der Waals surface area contributed by atoms with Crippen LogP contribution in [0.5, 0.6) is 5.75 Å². The molecule has 37 heavy (non-hydrogen) atoms. The fourth-order valence-electron chi connectivity index (χ4n) is 5.01. The molecular formula is C25H27ClFN7O3. The van der Waals surface area contributed by atoms with Crippen LogP contribution >= 0.6 is 11.6 Å². The lowest BCUT2D eigenvalue weighted by molar-refractivity contribution is -0.0735. The SMILES string of the molecule is Cc1c(-c2cc(OC[C@@H](O)c3ccc(F)cn3)c3c(Cl)cnn3c2)nnn1C1CCN(C2COC2)CC1. The second kappa shape index (κ2) is 9.97. The highest BCUT2D eigenvalue weighted by Crippen LogP contribution is 2.34. The summed E-state index contributed by atoms with van der Waals surface area (Å²) in [6.07, 6.45) is 5.41. The van der Waals surface area contributed by atoms with Crippen LogP contribution in [0.25, 0.3) is 16.8 Å². The molecule has 0 aliphatic carbocycles. The Morgan fingerprint density at radius 2 is 2.03 bits per heavy atom. The summed E-state index contributed by atoms with van der Waals surface area (Å²) in [6.45, 7) is 5.63. The van der Waals surface area contributed by atoms with Gasteiger partial charge in [0.15, 0.2) is 0 Å². The Kier molecular flexibility index (Phi) is 6.53. The van der Waals surface area contributed by atoms with E-state index in [1.54, 1.807) is 4.52 Å². The molecular weight excluding hydrogens is 501 g/mol. The number of rotatable bonds is 7. The zero-order valence-electron chi connectivity index (χ0n) is 20.3. The molecule has 10 nitrogen and oxygen atoms in total. The largest absolute Gasteiger partial charge is 0.488 e. The molecule has 2 saturated heterocycles. The highest BCUT2D eigenvalue weighted by atomic mass is 35.5. The lowest BCUT2D eigenvalue weighted by Gasteiger charge is -2.41. The predicted molar refractivity (Wildman–Crippen MR) is 133 cm³/mol. The van der Waals surface area contributed by atoms with Gasteiger partial charge in [0.1, 0.15) is 35.5 Å². The summed E-state index contributed by atoms with van der Waals surface area (Å²) < 4.78 is 28.2. The maximum Gasteiger partial charge on any atom is 0.147 e. The first-order valence-corrected chi connectivity index (χ1v) is 12.7. The Morgan fingerprint density at radius 1 is 1.22 bits per heavy atom. The number of aliphatic hydroxyl groups excluding tert-OH is 1. The van der Waals surface area contributed by atoms with E-state index in [0.29, 0.717) is 28.0 Å². The quantitative estimate of drug-likeness (QED) is 0.391. The molecule has 194 valence electrons. The van der Waals surface area contributed by atoms with Crippen LogP contribution in [0.1, 0.15) is 36.4 Å². The summed E-state index contributed by atoms with van der Waals surface area (Å²) in [7, 11) is 0. The topological polar surface area (TPSA) is 103 Å². The number of ether oxygens (including phenoxy) is 2. The Hall–Kier alpha value is -3.12. The average molecular weight is 528 g/mol. The summed E-state index contributed by atoms with van der Waals surface area (Å²) >= 11 is 6.39. The number of halogens is 2. The van der Waals surface area contributed by atoms with E-state index in [0.717, 1.165) is 62.3 Å². The molecule has 0 spiro atoms. The van der Waals surface area contributed by atoms with E-state index < -0.39 is 11.9 Å². The molecule has 2 aliphatic heterocycles. The molecule has 0 radical (unpaired) electrons. The molecule has 0 bridgehead atoms. The second-order valence-corrected chi connectivity index (χ2v) is 9.94. The first kappa shape index (κ1) is 24.2. The van der Waals surface area contributed by atoms with Crippen LogP contribution in [0.3, 0.4) is 0 Å². The summed E-state index contributed by atoms with van der Waals surface area (Å²) in [6, 6.07) is 5.34. The number of fused-ring (bicyclic) bond motifs is 1. The van der Waals surface area contributed by atoms with Gasteiger partial charge < -0.3 is 14.6 Å². The van der Waals surface area contributed by atoms with E-state index >= 15 is 0 Å². The molecule has 12 heteroatoms. The van der Waals surface area contributed by atoms with Crippen molar-refractivity contribution >= 4 is 17.1 Å². The summed E-state index contributed by atoms with van der Waals surface area (Å²) in [5.74, 6) is -0.0367. The van der Waals surface area contributed by atoms with Gasteiger partial charge in [-0.1, -0.05) is 16.8 Å². The third kappa shape index (κ3) is 4.68. The fraction of sp³-hybridized carbons (Fsp3) is 0.440. The van der Waals surface area contributed by atoms with Gasteiger partial charge in [0.05, 0.1) is 54.1 Å². The summed E-state index contributed by atoms with van der Waals surface area (Å²) in [5.41, 5.74) is 3.34. The fourth-order valence-corrected chi connectivity index (χ4v) is 5.23. The minimum Gasteiger partial charge on any atom is -0.488 e. The number of nitrogens with zero attached hydrogens (tertiary/aromatic N) is 7. The molecule has 0 unspecified atom stereocenters. The van der Waals surface area contributed by atoms with Crippen LogP contribution in [0.4, 0.5) is 4.39 Å². The van der Waals surface area contributed by atoms with E-state index in [-0.39, 0.29) is 12.6 Å². The zero-order valence-corrected chi connectivity index (χ0v) is 21.1. The third-order valence-electron chi connectivity index (χ3n) is 7.20. The Labute approximate surface area is 217 Å². The number of piperidine rings is 1. The molecule has 6 rings (SSSR count). The van der Waals surface area contributed by atoms with Crippen molar-refractivity contribution in [3.8, 4) is 17.0 Å². The molecule has 0 aromatic carbocycles. The normalized spacial score (nSPS) is 18.3. The first-order chi connectivity index (χ1) is 18.0. The summed E-state index contributed by atoms with van der Waals surface area (Å²) in [4.78, 5) is 6.43. The van der Waals surface area contributed by atoms with Gasteiger partial charge in [-0.25, -0.2) is 13.6 Å². The number of aromatic nitrogens is 6. The molecule has 2 aliphatic rings. The van der Waals surface area contributed by atoms with Crippen molar-refractivity contribution in [1.29, 1.82) is 0 Å². The monoisotopic (exact) mass is 527 g/mol. The van der Waals surface area contributed by atoms with Crippen molar-refractivity contribution in [3.05, 3.63) is 59.0 Å².